The van der Waals surface area contributed by atoms with Crippen molar-refractivity contribution in [2.45, 2.75) is 6.42 Å². The highest BCUT2D eigenvalue weighted by Gasteiger charge is 2.16. The van der Waals surface area contributed by atoms with Crippen LogP contribution in [0, 0.1) is 0 Å². The summed E-state index contributed by atoms with van der Waals surface area (Å²) in [5.74, 6) is -0.509. The van der Waals surface area contributed by atoms with Gasteiger partial charge in [-0.05, 0) is 28.5 Å². The lowest BCUT2D eigenvalue weighted by Gasteiger charge is -2.17. The number of carbonyl (C=O) groups is 2. The number of halogens is 2. The van der Waals surface area contributed by atoms with Crippen molar-refractivity contribution in [1.82, 2.24) is 4.90 Å². The molecule has 0 atom stereocenters. The smallest absolute Gasteiger partial charge is 0.244 e. The molecule has 3 rings (SSSR count). The van der Waals surface area contributed by atoms with E-state index in [2.05, 4.69) is 5.32 Å². The fourth-order valence-electron chi connectivity index (χ4n) is 2.76. The highest BCUT2D eigenvalue weighted by molar-refractivity contribution is 6.39. The summed E-state index contributed by atoms with van der Waals surface area (Å²) in [4.78, 5) is 26.1. The Labute approximate surface area is 167 Å². The quantitative estimate of drug-likeness (QED) is 0.669. The molecule has 3 aromatic rings. The van der Waals surface area contributed by atoms with E-state index < -0.39 is 0 Å². The van der Waals surface area contributed by atoms with Gasteiger partial charge in [0.2, 0.25) is 11.8 Å². The van der Waals surface area contributed by atoms with Gasteiger partial charge in [-0.1, -0.05) is 71.7 Å². The Bertz CT molecular complexity index is 984. The third-order valence-electron chi connectivity index (χ3n) is 4.20. The van der Waals surface area contributed by atoms with Crippen LogP contribution in [-0.4, -0.2) is 30.3 Å². The maximum atomic E-state index is 12.5. The zero-order chi connectivity index (χ0) is 19.4. The zero-order valence-electron chi connectivity index (χ0n) is 14.7. The van der Waals surface area contributed by atoms with E-state index in [1.165, 1.54) is 4.90 Å². The van der Waals surface area contributed by atoms with Crippen LogP contribution in [0.5, 0.6) is 0 Å². The van der Waals surface area contributed by atoms with Crippen molar-refractivity contribution in [3.63, 3.8) is 0 Å². The molecule has 0 fully saturated rings. The molecule has 6 heteroatoms. The number of carbonyl (C=O) groups excluding carboxylic acids is 2. The van der Waals surface area contributed by atoms with Crippen LogP contribution in [0.4, 0.5) is 5.69 Å². The van der Waals surface area contributed by atoms with E-state index in [9.17, 15) is 9.59 Å². The zero-order valence-corrected chi connectivity index (χ0v) is 16.2. The third kappa shape index (κ3) is 4.79. The Morgan fingerprint density at radius 3 is 2.30 bits per heavy atom. The molecule has 0 saturated heterocycles. The summed E-state index contributed by atoms with van der Waals surface area (Å²) < 4.78 is 0. The Balaban J connectivity index is 1.62. The largest absolute Gasteiger partial charge is 0.336 e. The van der Waals surface area contributed by atoms with Gasteiger partial charge in [0.25, 0.3) is 0 Å². The number of hydrogen-bond donors (Lipinski definition) is 1. The Morgan fingerprint density at radius 2 is 1.59 bits per heavy atom. The molecule has 138 valence electrons. The van der Waals surface area contributed by atoms with Crippen molar-refractivity contribution >= 4 is 51.5 Å². The molecule has 0 bridgehead atoms. The van der Waals surface area contributed by atoms with E-state index in [0.29, 0.717) is 15.7 Å². The third-order valence-corrected chi connectivity index (χ3v) is 4.83. The van der Waals surface area contributed by atoms with Crippen molar-refractivity contribution < 1.29 is 9.59 Å². The molecule has 0 heterocycles. The predicted molar refractivity (Wildman–Crippen MR) is 110 cm³/mol. The molecule has 3 aromatic carbocycles. The summed E-state index contributed by atoms with van der Waals surface area (Å²) in [7, 11) is 1.59. The van der Waals surface area contributed by atoms with Gasteiger partial charge in [0.15, 0.2) is 0 Å². The summed E-state index contributed by atoms with van der Waals surface area (Å²) in [5.41, 5.74) is 1.25. The molecule has 1 N–H and O–H groups in total. The van der Waals surface area contributed by atoms with Crippen LogP contribution in [0.2, 0.25) is 10.0 Å². The number of benzene rings is 3. The molecule has 0 radical (unpaired) electrons. The molecule has 0 spiro atoms. The first-order valence-electron chi connectivity index (χ1n) is 8.39. The SMILES string of the molecule is CN(CC(=O)Nc1c(Cl)cccc1Cl)C(=O)Cc1ccc2ccccc2c1. The lowest BCUT2D eigenvalue weighted by Crippen LogP contribution is -2.35. The Kier molecular flexibility index (Phi) is 5.99. The number of anilines is 1. The maximum Gasteiger partial charge on any atom is 0.244 e. The van der Waals surface area contributed by atoms with Crippen LogP contribution in [0.3, 0.4) is 0 Å². The fourth-order valence-corrected chi connectivity index (χ4v) is 3.25. The van der Waals surface area contributed by atoms with E-state index in [0.717, 1.165) is 16.3 Å². The van der Waals surface area contributed by atoms with Gasteiger partial charge in [0.05, 0.1) is 28.7 Å². The average molecular weight is 401 g/mol. The molecular weight excluding hydrogens is 383 g/mol. The second-order valence-corrected chi connectivity index (χ2v) is 7.07. The van der Waals surface area contributed by atoms with Crippen LogP contribution in [0.15, 0.2) is 60.7 Å². The van der Waals surface area contributed by atoms with Crippen LogP contribution >= 0.6 is 23.2 Å². The molecule has 0 aliphatic carbocycles. The minimum Gasteiger partial charge on any atom is -0.336 e. The van der Waals surface area contributed by atoms with Gasteiger partial charge >= 0.3 is 0 Å². The highest BCUT2D eigenvalue weighted by atomic mass is 35.5. The van der Waals surface area contributed by atoms with Crippen LogP contribution < -0.4 is 5.32 Å². The minimum atomic E-state index is -0.362. The van der Waals surface area contributed by atoms with Gasteiger partial charge in [-0.3, -0.25) is 9.59 Å². The topological polar surface area (TPSA) is 49.4 Å². The van der Waals surface area contributed by atoms with Crippen molar-refractivity contribution in [3.8, 4) is 0 Å². The summed E-state index contributed by atoms with van der Waals surface area (Å²) in [6, 6.07) is 18.8. The standard InChI is InChI=1S/C21H18Cl2N2O2/c1-25(13-19(26)24-21-17(22)7-4-8-18(21)23)20(27)12-14-9-10-15-5-2-3-6-16(15)11-14/h2-11H,12-13H2,1H3,(H,24,26). The van der Waals surface area contributed by atoms with E-state index in [-0.39, 0.29) is 24.8 Å². The number of fused-ring (bicyclic) bond motifs is 1. The highest BCUT2D eigenvalue weighted by Crippen LogP contribution is 2.29. The van der Waals surface area contributed by atoms with Gasteiger partial charge in [-0.15, -0.1) is 0 Å². The number of para-hydroxylation sites is 1. The number of nitrogens with zero attached hydrogens (tertiary/aromatic N) is 1. The number of hydrogen-bond acceptors (Lipinski definition) is 2. The number of nitrogens with one attached hydrogen (secondary N) is 1. The number of amides is 2. The summed E-state index contributed by atoms with van der Waals surface area (Å²) >= 11 is 12.1. The minimum absolute atomic E-state index is 0.0893. The first-order chi connectivity index (χ1) is 12.9. The molecule has 0 aliphatic rings. The molecule has 0 unspecified atom stereocenters. The summed E-state index contributed by atoms with van der Waals surface area (Å²) in [6.07, 6.45) is 0.224. The Hall–Kier alpha value is -2.56. The second-order valence-electron chi connectivity index (χ2n) is 6.25. The predicted octanol–water partition coefficient (Wildman–Crippen LogP) is 4.79. The van der Waals surface area contributed by atoms with Gasteiger partial charge in [0.1, 0.15) is 0 Å². The second kappa shape index (κ2) is 8.42. The first-order valence-corrected chi connectivity index (χ1v) is 9.15. The van der Waals surface area contributed by atoms with Crippen LogP contribution in [0.1, 0.15) is 5.56 Å². The molecule has 4 nitrogen and oxygen atoms in total. The molecular formula is C21H18Cl2N2O2. The lowest BCUT2D eigenvalue weighted by molar-refractivity contribution is -0.132. The van der Waals surface area contributed by atoms with Crippen molar-refractivity contribution in [1.29, 1.82) is 0 Å². The van der Waals surface area contributed by atoms with Gasteiger partial charge in [-0.25, -0.2) is 0 Å². The summed E-state index contributed by atoms with van der Waals surface area (Å²) in [6.45, 7) is -0.0893. The van der Waals surface area contributed by atoms with E-state index in [4.69, 9.17) is 23.2 Å². The van der Waals surface area contributed by atoms with Gasteiger partial charge in [-0.2, -0.15) is 0 Å². The van der Waals surface area contributed by atoms with Crippen molar-refractivity contribution in [2.24, 2.45) is 0 Å². The molecule has 0 aliphatic heterocycles. The van der Waals surface area contributed by atoms with Crippen molar-refractivity contribution in [3.05, 3.63) is 76.3 Å². The van der Waals surface area contributed by atoms with Gasteiger partial charge in [0, 0.05) is 7.05 Å². The van der Waals surface area contributed by atoms with Crippen molar-refractivity contribution in [2.75, 3.05) is 18.9 Å². The summed E-state index contributed by atoms with van der Waals surface area (Å²) in [5, 5.41) is 5.56. The van der Waals surface area contributed by atoms with Crippen LogP contribution in [0.25, 0.3) is 10.8 Å². The number of likely N-dealkylation sites (N-methyl/N-ethyl adjacent to an activating group) is 1. The fraction of sp³-hybridized carbons (Fsp3) is 0.143. The lowest BCUT2D eigenvalue weighted by atomic mass is 10.0. The molecule has 0 aromatic heterocycles. The number of rotatable bonds is 5. The van der Waals surface area contributed by atoms with Crippen LogP contribution in [-0.2, 0) is 16.0 Å². The molecule has 2 amide bonds. The Morgan fingerprint density at radius 1 is 0.926 bits per heavy atom. The molecule has 0 saturated carbocycles. The average Bonchev–Trinajstić information content (AvgIpc) is 2.64. The monoisotopic (exact) mass is 400 g/mol. The molecule has 27 heavy (non-hydrogen) atoms. The first kappa shape index (κ1) is 19.2. The van der Waals surface area contributed by atoms with Gasteiger partial charge < -0.3 is 10.2 Å². The van der Waals surface area contributed by atoms with E-state index in [1.807, 2.05) is 42.5 Å². The maximum absolute atomic E-state index is 12.5. The normalized spacial score (nSPS) is 10.6. The van der Waals surface area contributed by atoms with E-state index in [1.54, 1.807) is 25.2 Å². The van der Waals surface area contributed by atoms with E-state index >= 15 is 0 Å².